The first-order valence-electron chi connectivity index (χ1n) is 20.6. The number of carbonyl (C=O) groups is 4. The average molecular weight is 776 g/mol. The first kappa shape index (κ1) is 42.5. The number of piperidine rings is 1. The number of nitrogens with one attached hydrogen (secondary N) is 4. The molecule has 4 saturated carbocycles. The second kappa shape index (κ2) is 15.7. The summed E-state index contributed by atoms with van der Waals surface area (Å²) < 4.78 is 26.5. The lowest BCUT2D eigenvalue weighted by Gasteiger charge is -2.49. The van der Waals surface area contributed by atoms with Crippen LogP contribution in [0.4, 0.5) is 4.79 Å². The zero-order valence-electron chi connectivity index (χ0n) is 34.1. The SMILES string of the molecule is C=CCNC(=O)C(O)C(CC1CC1)NC(=O)[C@@H]1[C@@H]2[C@H](CN1C(=O)[C@@H](NC(=O)N[C@@]1(CS(=O)(=O)C(C)(C)C)[C@H](C)CCC[C@@H]1C)C1(C)CCCCC1)C2(C)C. The van der Waals surface area contributed by atoms with E-state index in [-0.39, 0.29) is 47.3 Å². The third kappa shape index (κ3) is 8.51. The molecule has 0 aromatic heterocycles. The van der Waals surface area contributed by atoms with Gasteiger partial charge in [-0.2, -0.15) is 0 Å². The fourth-order valence-electron chi connectivity index (χ4n) is 10.1. The zero-order valence-corrected chi connectivity index (χ0v) is 34.9. The Bertz CT molecular complexity index is 1540. The maximum Gasteiger partial charge on any atom is 0.315 e. The zero-order chi connectivity index (χ0) is 40.0. The van der Waals surface area contributed by atoms with Gasteiger partial charge < -0.3 is 31.3 Å². The molecule has 0 spiro atoms. The van der Waals surface area contributed by atoms with Gasteiger partial charge in [-0.1, -0.05) is 79.2 Å². The number of fused-ring (bicyclic) bond motifs is 1. The van der Waals surface area contributed by atoms with Crippen LogP contribution >= 0.6 is 0 Å². The predicted octanol–water partition coefficient (Wildman–Crippen LogP) is 4.46. The quantitative estimate of drug-likeness (QED) is 0.162. The van der Waals surface area contributed by atoms with E-state index in [9.17, 15) is 27.9 Å². The Morgan fingerprint density at radius 2 is 1.56 bits per heavy atom. The molecular formula is C41H69N5O7S. The lowest BCUT2D eigenvalue weighted by atomic mass is 9.68. The van der Waals surface area contributed by atoms with Crippen LogP contribution in [0.1, 0.15) is 126 Å². The molecule has 5 rings (SSSR count). The van der Waals surface area contributed by atoms with Crippen LogP contribution in [0.25, 0.3) is 0 Å². The normalized spacial score (nSPS) is 31.9. The van der Waals surface area contributed by atoms with Crippen LogP contribution in [0, 0.1) is 40.4 Å². The minimum absolute atomic E-state index is 0.0864. The number of rotatable bonds is 14. The van der Waals surface area contributed by atoms with Gasteiger partial charge in [0.1, 0.15) is 12.1 Å². The number of amides is 5. The van der Waals surface area contributed by atoms with Gasteiger partial charge in [-0.3, -0.25) is 14.4 Å². The molecule has 0 aromatic carbocycles. The van der Waals surface area contributed by atoms with Gasteiger partial charge in [-0.05, 0) is 93.3 Å². The third-order valence-electron chi connectivity index (χ3n) is 14.4. The van der Waals surface area contributed by atoms with Crippen LogP contribution < -0.4 is 21.3 Å². The van der Waals surface area contributed by atoms with Gasteiger partial charge in [0.05, 0.1) is 22.1 Å². The van der Waals surface area contributed by atoms with Gasteiger partial charge in [0.2, 0.25) is 11.8 Å². The van der Waals surface area contributed by atoms with E-state index in [1.807, 2.05) is 20.8 Å². The Balaban J connectivity index is 1.43. The largest absolute Gasteiger partial charge is 0.381 e. The van der Waals surface area contributed by atoms with Gasteiger partial charge in [0.15, 0.2) is 15.9 Å². The summed E-state index contributed by atoms with van der Waals surface area (Å²) in [7, 11) is -3.63. The third-order valence-corrected chi connectivity index (χ3v) is 17.1. The van der Waals surface area contributed by atoms with Gasteiger partial charge in [0, 0.05) is 13.1 Å². The van der Waals surface area contributed by atoms with Crippen molar-refractivity contribution in [3.63, 3.8) is 0 Å². The molecule has 306 valence electrons. The van der Waals surface area contributed by atoms with Crippen LogP contribution in [0.15, 0.2) is 12.7 Å². The minimum Gasteiger partial charge on any atom is -0.381 e. The number of aliphatic hydroxyl groups excluding tert-OH is 1. The first-order chi connectivity index (χ1) is 25.1. The summed E-state index contributed by atoms with van der Waals surface area (Å²) in [5.74, 6) is -1.43. The van der Waals surface area contributed by atoms with Crippen LogP contribution in [-0.2, 0) is 24.2 Å². The second-order valence-corrected chi connectivity index (χ2v) is 22.3. The van der Waals surface area contributed by atoms with Crippen LogP contribution in [0.5, 0.6) is 0 Å². The summed E-state index contributed by atoms with van der Waals surface area (Å²) in [5.41, 5.74) is -1.79. The van der Waals surface area contributed by atoms with Crippen LogP contribution in [0.3, 0.4) is 0 Å². The van der Waals surface area contributed by atoms with Crippen molar-refractivity contribution in [1.29, 1.82) is 0 Å². The van der Waals surface area contributed by atoms with Gasteiger partial charge in [-0.15, -0.1) is 6.58 Å². The fourth-order valence-corrected chi connectivity index (χ4v) is 11.8. The molecule has 0 aromatic rings. The van der Waals surface area contributed by atoms with E-state index < -0.39 is 67.6 Å². The molecule has 5 aliphatic rings. The van der Waals surface area contributed by atoms with Crippen molar-refractivity contribution >= 4 is 33.6 Å². The molecule has 5 amide bonds. The number of nitrogens with zero attached hydrogens (tertiary/aromatic N) is 1. The van der Waals surface area contributed by atoms with Crippen molar-refractivity contribution in [3.05, 3.63) is 12.7 Å². The summed E-state index contributed by atoms with van der Waals surface area (Å²) in [6.07, 6.45) is 9.24. The van der Waals surface area contributed by atoms with E-state index >= 15 is 4.79 Å². The first-order valence-corrected chi connectivity index (χ1v) is 22.2. The van der Waals surface area contributed by atoms with Crippen molar-refractivity contribution in [2.75, 3.05) is 18.8 Å². The molecule has 4 aliphatic carbocycles. The lowest BCUT2D eigenvalue weighted by molar-refractivity contribution is -0.145. The Morgan fingerprint density at radius 1 is 0.944 bits per heavy atom. The molecule has 1 aliphatic heterocycles. The summed E-state index contributed by atoms with van der Waals surface area (Å²) in [6.45, 7) is 19.5. The number of urea groups is 1. The number of likely N-dealkylation sites (tertiary alicyclic amines) is 1. The number of aliphatic hydroxyl groups is 1. The Hall–Kier alpha value is -2.67. The number of hydrogen-bond donors (Lipinski definition) is 5. The van der Waals surface area contributed by atoms with E-state index in [1.165, 1.54) is 6.08 Å². The van der Waals surface area contributed by atoms with Crippen molar-refractivity contribution < 1.29 is 32.7 Å². The van der Waals surface area contributed by atoms with Crippen molar-refractivity contribution in [2.24, 2.45) is 40.4 Å². The number of sulfone groups is 1. The molecule has 5 fully saturated rings. The molecule has 13 heteroatoms. The number of hydrogen-bond acceptors (Lipinski definition) is 7. The molecule has 5 N–H and O–H groups in total. The number of carbonyl (C=O) groups excluding carboxylic acids is 4. The molecule has 1 saturated heterocycles. The molecule has 12 nitrogen and oxygen atoms in total. The Morgan fingerprint density at radius 3 is 2.11 bits per heavy atom. The maximum absolute atomic E-state index is 15.1. The summed E-state index contributed by atoms with van der Waals surface area (Å²) in [4.78, 5) is 58.3. The molecule has 54 heavy (non-hydrogen) atoms. The van der Waals surface area contributed by atoms with Crippen molar-refractivity contribution in [2.45, 2.75) is 161 Å². The highest BCUT2D eigenvalue weighted by atomic mass is 32.2. The van der Waals surface area contributed by atoms with Crippen LogP contribution in [-0.4, -0.2) is 95.5 Å². The van der Waals surface area contributed by atoms with Gasteiger partial charge >= 0.3 is 6.03 Å². The summed E-state index contributed by atoms with van der Waals surface area (Å²) in [5, 5.41) is 23.0. The van der Waals surface area contributed by atoms with E-state index in [0.29, 0.717) is 18.9 Å². The average Bonchev–Trinajstić information content (AvgIpc) is 3.94. The summed E-state index contributed by atoms with van der Waals surface area (Å²) in [6, 6.07) is -3.16. The van der Waals surface area contributed by atoms with E-state index in [2.05, 4.69) is 41.7 Å². The molecular weight excluding hydrogens is 707 g/mol. The van der Waals surface area contributed by atoms with Crippen molar-refractivity contribution in [1.82, 2.24) is 26.2 Å². The monoisotopic (exact) mass is 775 g/mol. The predicted molar refractivity (Wildman–Crippen MR) is 210 cm³/mol. The standard InChI is InChI=1S/C41H69N5O7S/c1-10-21-42-35(49)32(47)29(22-27-17-18-27)43-34(48)31-30-28(39(30,7)8)23-46(31)36(50)33(40(9)19-12-11-13-20-40)44-37(51)45-41(24-54(52,53)38(4,5)6)25(2)15-14-16-26(41)3/h10,25-33,47H,1,11-24H2,2-9H3,(H,42,49)(H,43,48)(H2,44,45,51)/t25-,26+,28-,29?,30-,31-,32?,33+,41+/m0/s1. The smallest absolute Gasteiger partial charge is 0.315 e. The molecule has 2 unspecified atom stereocenters. The van der Waals surface area contributed by atoms with Gasteiger partial charge in [0.25, 0.3) is 5.91 Å². The lowest BCUT2D eigenvalue weighted by Crippen LogP contribution is -2.68. The van der Waals surface area contributed by atoms with Gasteiger partial charge in [-0.25, -0.2) is 13.2 Å². The molecule has 9 atom stereocenters. The van der Waals surface area contributed by atoms with Crippen LogP contribution in [0.2, 0.25) is 0 Å². The Labute approximate surface area is 324 Å². The maximum atomic E-state index is 15.1. The summed E-state index contributed by atoms with van der Waals surface area (Å²) >= 11 is 0. The Kier molecular flexibility index (Phi) is 12.3. The fraction of sp³-hybridized carbons (Fsp3) is 0.854. The molecule has 0 radical (unpaired) electrons. The van der Waals surface area contributed by atoms with Crippen molar-refractivity contribution in [3.8, 4) is 0 Å². The molecule has 1 heterocycles. The second-order valence-electron chi connectivity index (χ2n) is 19.6. The van der Waals surface area contributed by atoms with E-state index in [0.717, 1.165) is 64.2 Å². The molecule has 0 bridgehead atoms. The highest BCUT2D eigenvalue weighted by molar-refractivity contribution is 7.92. The van der Waals surface area contributed by atoms with E-state index in [4.69, 9.17) is 0 Å². The topological polar surface area (TPSA) is 174 Å². The highest BCUT2D eigenvalue weighted by Gasteiger charge is 2.70. The minimum atomic E-state index is -3.63. The van der Waals surface area contributed by atoms with E-state index in [1.54, 1.807) is 25.7 Å². The highest BCUT2D eigenvalue weighted by Crippen LogP contribution is 2.65.